The van der Waals surface area contributed by atoms with Crippen LogP contribution < -0.4 is 4.90 Å². The molecular weight excluding hydrogens is 336 g/mol. The maximum Gasteiger partial charge on any atom is 0.199 e. The number of fused-ring (bicyclic) bond motifs is 1. The second-order valence-corrected chi connectivity index (χ2v) is 7.75. The van der Waals surface area contributed by atoms with Crippen molar-refractivity contribution < 1.29 is 13.2 Å². The van der Waals surface area contributed by atoms with Gasteiger partial charge in [0, 0.05) is 23.8 Å². The number of rotatable bonds is 4. The summed E-state index contributed by atoms with van der Waals surface area (Å²) in [6.07, 6.45) is 2.89. The molecule has 0 radical (unpaired) electrons. The molecular formula is C16H17ClN2O3S. The standard InChI is InChI=1S/C16H17ClN2O3S/c1-2-9-23(20,21)16-14-10-13(4-3-12(14)5-6-18-16)19-7-8-22-15(17)11-19/h2-6,10,15H,1,7-9,11H2. The Bertz CT molecular complexity index is 838. The minimum Gasteiger partial charge on any atom is -0.365 e. The van der Waals surface area contributed by atoms with Crippen LogP contribution in [0.3, 0.4) is 0 Å². The lowest BCUT2D eigenvalue weighted by molar-refractivity contribution is 0.0934. The summed E-state index contributed by atoms with van der Waals surface area (Å²) in [6.45, 7) is 5.32. The summed E-state index contributed by atoms with van der Waals surface area (Å²) in [5.41, 5.74) is 0.548. The second kappa shape index (κ2) is 6.47. The lowest BCUT2D eigenvalue weighted by Crippen LogP contribution is -2.40. The third-order valence-electron chi connectivity index (χ3n) is 3.73. The van der Waals surface area contributed by atoms with Gasteiger partial charge in [0.2, 0.25) is 0 Å². The molecule has 0 spiro atoms. The second-order valence-electron chi connectivity index (χ2n) is 5.32. The summed E-state index contributed by atoms with van der Waals surface area (Å²) in [7, 11) is -3.49. The minimum absolute atomic E-state index is 0.0902. The van der Waals surface area contributed by atoms with Crippen LogP contribution in [0.4, 0.5) is 5.69 Å². The number of nitrogens with zero attached hydrogens (tertiary/aromatic N) is 2. The number of halogens is 1. The van der Waals surface area contributed by atoms with Crippen LogP contribution in [0.15, 0.2) is 48.1 Å². The highest BCUT2D eigenvalue weighted by molar-refractivity contribution is 7.91. The molecule has 0 bridgehead atoms. The topological polar surface area (TPSA) is 59.5 Å². The van der Waals surface area contributed by atoms with Crippen LogP contribution >= 0.6 is 11.6 Å². The zero-order valence-electron chi connectivity index (χ0n) is 12.5. The first-order chi connectivity index (χ1) is 11.0. The number of morpholine rings is 1. The van der Waals surface area contributed by atoms with Crippen molar-refractivity contribution in [1.29, 1.82) is 0 Å². The van der Waals surface area contributed by atoms with E-state index in [0.29, 0.717) is 25.1 Å². The van der Waals surface area contributed by atoms with Gasteiger partial charge in [0.1, 0.15) is 5.56 Å². The van der Waals surface area contributed by atoms with Crippen molar-refractivity contribution in [3.8, 4) is 0 Å². The predicted molar refractivity (Wildman–Crippen MR) is 91.8 cm³/mol. The highest BCUT2D eigenvalue weighted by atomic mass is 35.5. The average molecular weight is 353 g/mol. The van der Waals surface area contributed by atoms with Gasteiger partial charge in [-0.25, -0.2) is 13.4 Å². The Labute approximate surface area is 140 Å². The fourth-order valence-electron chi connectivity index (χ4n) is 2.65. The molecule has 0 saturated carbocycles. The van der Waals surface area contributed by atoms with Gasteiger partial charge >= 0.3 is 0 Å². The van der Waals surface area contributed by atoms with E-state index in [1.807, 2.05) is 18.2 Å². The minimum atomic E-state index is -3.49. The Morgan fingerprint density at radius 1 is 1.43 bits per heavy atom. The zero-order valence-corrected chi connectivity index (χ0v) is 14.1. The molecule has 1 atom stereocenters. The van der Waals surface area contributed by atoms with E-state index in [2.05, 4.69) is 16.5 Å². The fraction of sp³-hybridized carbons (Fsp3) is 0.312. The molecule has 1 unspecified atom stereocenters. The van der Waals surface area contributed by atoms with Gasteiger partial charge in [-0.15, -0.1) is 6.58 Å². The molecule has 7 heteroatoms. The van der Waals surface area contributed by atoms with Crippen molar-refractivity contribution in [2.45, 2.75) is 10.6 Å². The van der Waals surface area contributed by atoms with Crippen LogP contribution in [0.25, 0.3) is 10.8 Å². The molecule has 122 valence electrons. The van der Waals surface area contributed by atoms with Crippen LogP contribution in [-0.4, -0.2) is 44.4 Å². The van der Waals surface area contributed by atoms with Crippen LogP contribution in [0.2, 0.25) is 0 Å². The molecule has 1 aliphatic heterocycles. The normalized spacial score (nSPS) is 19.0. The number of alkyl halides is 1. The Morgan fingerprint density at radius 2 is 2.26 bits per heavy atom. The fourth-order valence-corrected chi connectivity index (χ4v) is 4.11. The lowest BCUT2D eigenvalue weighted by atomic mass is 10.1. The zero-order chi connectivity index (χ0) is 16.4. The molecule has 1 aliphatic rings. The number of aromatic nitrogens is 1. The number of anilines is 1. The van der Waals surface area contributed by atoms with Crippen LogP contribution in [-0.2, 0) is 14.6 Å². The van der Waals surface area contributed by atoms with Crippen LogP contribution in [0, 0.1) is 0 Å². The number of hydrogen-bond acceptors (Lipinski definition) is 5. The van der Waals surface area contributed by atoms with Crippen LogP contribution in [0.5, 0.6) is 0 Å². The van der Waals surface area contributed by atoms with Crippen molar-refractivity contribution >= 4 is 37.9 Å². The Balaban J connectivity index is 2.09. The van der Waals surface area contributed by atoms with Gasteiger partial charge in [0.15, 0.2) is 14.9 Å². The summed E-state index contributed by atoms with van der Waals surface area (Å²) in [6, 6.07) is 7.52. The van der Waals surface area contributed by atoms with E-state index in [1.54, 1.807) is 6.07 Å². The van der Waals surface area contributed by atoms with E-state index in [4.69, 9.17) is 16.3 Å². The van der Waals surface area contributed by atoms with Gasteiger partial charge in [-0.1, -0.05) is 23.7 Å². The first kappa shape index (κ1) is 16.2. The predicted octanol–water partition coefficient (Wildman–Crippen LogP) is 2.60. The lowest BCUT2D eigenvalue weighted by Gasteiger charge is -2.32. The Morgan fingerprint density at radius 3 is 3.00 bits per heavy atom. The molecule has 2 aromatic rings. The number of hydrogen-bond donors (Lipinski definition) is 0. The van der Waals surface area contributed by atoms with Crippen molar-refractivity contribution in [2.24, 2.45) is 0 Å². The van der Waals surface area contributed by atoms with Crippen molar-refractivity contribution in [3.63, 3.8) is 0 Å². The molecule has 1 aromatic heterocycles. The molecule has 0 N–H and O–H groups in total. The van der Waals surface area contributed by atoms with E-state index >= 15 is 0 Å². The summed E-state index contributed by atoms with van der Waals surface area (Å²) in [4.78, 5) is 6.17. The molecule has 5 nitrogen and oxygen atoms in total. The van der Waals surface area contributed by atoms with Crippen molar-refractivity contribution in [1.82, 2.24) is 4.98 Å². The average Bonchev–Trinajstić information content (AvgIpc) is 2.53. The molecule has 1 fully saturated rings. The molecule has 2 heterocycles. The summed E-state index contributed by atoms with van der Waals surface area (Å²) >= 11 is 6.04. The molecule has 0 aliphatic carbocycles. The van der Waals surface area contributed by atoms with Crippen LogP contribution in [0.1, 0.15) is 0 Å². The first-order valence-corrected chi connectivity index (χ1v) is 9.33. The third-order valence-corrected chi connectivity index (χ3v) is 5.59. The number of sulfone groups is 1. The molecule has 0 amide bonds. The smallest absolute Gasteiger partial charge is 0.199 e. The maximum absolute atomic E-state index is 12.4. The van der Waals surface area contributed by atoms with E-state index in [9.17, 15) is 8.42 Å². The first-order valence-electron chi connectivity index (χ1n) is 7.24. The van der Waals surface area contributed by atoms with E-state index in [0.717, 1.165) is 11.1 Å². The van der Waals surface area contributed by atoms with E-state index < -0.39 is 9.84 Å². The van der Waals surface area contributed by atoms with E-state index in [1.165, 1.54) is 12.3 Å². The van der Waals surface area contributed by atoms with Gasteiger partial charge in [0.25, 0.3) is 0 Å². The molecule has 3 rings (SSSR count). The van der Waals surface area contributed by atoms with Gasteiger partial charge in [-0.3, -0.25) is 0 Å². The largest absolute Gasteiger partial charge is 0.365 e. The van der Waals surface area contributed by atoms with Gasteiger partial charge in [-0.2, -0.15) is 0 Å². The summed E-state index contributed by atoms with van der Waals surface area (Å²) in [5.74, 6) is -0.134. The Kier molecular flexibility index (Phi) is 4.57. The monoisotopic (exact) mass is 352 g/mol. The molecule has 1 saturated heterocycles. The van der Waals surface area contributed by atoms with Crippen molar-refractivity contribution in [2.75, 3.05) is 30.3 Å². The quantitative estimate of drug-likeness (QED) is 0.625. The number of benzene rings is 1. The van der Waals surface area contributed by atoms with Gasteiger partial charge in [-0.05, 0) is 23.6 Å². The van der Waals surface area contributed by atoms with Gasteiger partial charge in [0.05, 0.1) is 18.9 Å². The summed E-state index contributed by atoms with van der Waals surface area (Å²) < 4.78 is 30.1. The SMILES string of the molecule is C=CCS(=O)(=O)c1nccc2ccc(N3CCOC(Cl)C3)cc12. The molecule has 23 heavy (non-hydrogen) atoms. The highest BCUT2D eigenvalue weighted by Gasteiger charge is 2.21. The Hall–Kier alpha value is -1.63. The number of ether oxygens (including phenoxy) is 1. The summed E-state index contributed by atoms with van der Waals surface area (Å²) in [5, 5.41) is 1.54. The van der Waals surface area contributed by atoms with Crippen molar-refractivity contribution in [3.05, 3.63) is 43.1 Å². The third kappa shape index (κ3) is 3.34. The molecule has 1 aromatic carbocycles. The van der Waals surface area contributed by atoms with E-state index in [-0.39, 0.29) is 16.3 Å². The highest BCUT2D eigenvalue weighted by Crippen LogP contribution is 2.28. The van der Waals surface area contributed by atoms with Gasteiger partial charge < -0.3 is 9.64 Å². The number of pyridine rings is 1. The maximum atomic E-state index is 12.4.